The van der Waals surface area contributed by atoms with Crippen molar-refractivity contribution in [2.75, 3.05) is 6.54 Å². The summed E-state index contributed by atoms with van der Waals surface area (Å²) in [5.41, 5.74) is 1.31. The number of carbonyl (C=O) groups is 1. The van der Waals surface area contributed by atoms with Gasteiger partial charge in [0.2, 0.25) is 5.91 Å². The van der Waals surface area contributed by atoms with Gasteiger partial charge < -0.3 is 14.8 Å². The highest BCUT2D eigenvalue weighted by atomic mass is 16.3. The third-order valence-electron chi connectivity index (χ3n) is 3.25. The fourth-order valence-electron chi connectivity index (χ4n) is 1.82. The van der Waals surface area contributed by atoms with Crippen LogP contribution in [0.5, 0.6) is 0 Å². The number of aliphatic hydroxyl groups excluding tert-OH is 1. The van der Waals surface area contributed by atoms with Crippen molar-refractivity contribution in [2.45, 2.75) is 33.3 Å². The number of pyridine rings is 1. The van der Waals surface area contributed by atoms with Gasteiger partial charge in [0.15, 0.2) is 0 Å². The topological polar surface area (TPSA) is 66.6 Å². The van der Waals surface area contributed by atoms with Gasteiger partial charge in [-0.05, 0) is 17.5 Å². The van der Waals surface area contributed by atoms with E-state index in [1.807, 2.05) is 55.8 Å². The number of imidazole rings is 1. The van der Waals surface area contributed by atoms with Crippen molar-refractivity contribution in [3.05, 3.63) is 36.3 Å². The lowest BCUT2D eigenvalue weighted by molar-refractivity contribution is -0.121. The molecule has 0 saturated carbocycles. The van der Waals surface area contributed by atoms with E-state index in [1.165, 1.54) is 0 Å². The number of amides is 1. The van der Waals surface area contributed by atoms with Crippen LogP contribution < -0.4 is 5.32 Å². The second-order valence-corrected chi connectivity index (χ2v) is 6.06. The van der Waals surface area contributed by atoms with Crippen molar-refractivity contribution < 1.29 is 9.90 Å². The molecule has 0 radical (unpaired) electrons. The van der Waals surface area contributed by atoms with Gasteiger partial charge in [0.25, 0.3) is 0 Å². The van der Waals surface area contributed by atoms with Gasteiger partial charge in [0, 0.05) is 18.9 Å². The summed E-state index contributed by atoms with van der Waals surface area (Å²) in [7, 11) is 0. The molecule has 2 N–H and O–H groups in total. The van der Waals surface area contributed by atoms with Gasteiger partial charge in [0.05, 0.1) is 18.2 Å². The van der Waals surface area contributed by atoms with Gasteiger partial charge >= 0.3 is 0 Å². The molecule has 0 aliphatic heterocycles. The van der Waals surface area contributed by atoms with Crippen LogP contribution in [0.25, 0.3) is 5.65 Å². The van der Waals surface area contributed by atoms with Crippen LogP contribution in [-0.2, 0) is 11.2 Å². The Morgan fingerprint density at radius 2 is 2.20 bits per heavy atom. The molecule has 108 valence electrons. The van der Waals surface area contributed by atoms with Crippen LogP contribution in [0, 0.1) is 5.41 Å². The van der Waals surface area contributed by atoms with Crippen LogP contribution in [-0.4, -0.2) is 33.0 Å². The lowest BCUT2D eigenvalue weighted by Gasteiger charge is -2.25. The second kappa shape index (κ2) is 5.63. The number of rotatable bonds is 4. The average Bonchev–Trinajstić information content (AvgIpc) is 2.76. The molecule has 0 fully saturated rings. The summed E-state index contributed by atoms with van der Waals surface area (Å²) in [6.45, 7) is 6.07. The zero-order valence-electron chi connectivity index (χ0n) is 12.1. The molecule has 1 atom stereocenters. The van der Waals surface area contributed by atoms with E-state index in [-0.39, 0.29) is 24.3 Å². The molecule has 5 nitrogen and oxygen atoms in total. The molecule has 0 aromatic carbocycles. The lowest BCUT2D eigenvalue weighted by Crippen LogP contribution is -2.39. The minimum atomic E-state index is -0.562. The van der Waals surface area contributed by atoms with Crippen molar-refractivity contribution in [1.29, 1.82) is 0 Å². The van der Waals surface area contributed by atoms with E-state index >= 15 is 0 Å². The molecule has 0 aliphatic carbocycles. The predicted molar refractivity (Wildman–Crippen MR) is 77.4 cm³/mol. The summed E-state index contributed by atoms with van der Waals surface area (Å²) in [5.74, 6) is -0.128. The van der Waals surface area contributed by atoms with Gasteiger partial charge in [-0.1, -0.05) is 26.8 Å². The number of hydrogen-bond donors (Lipinski definition) is 2. The molecule has 0 aliphatic rings. The zero-order valence-corrected chi connectivity index (χ0v) is 12.1. The second-order valence-electron chi connectivity index (χ2n) is 6.06. The van der Waals surface area contributed by atoms with Crippen LogP contribution in [0.2, 0.25) is 0 Å². The van der Waals surface area contributed by atoms with E-state index in [0.717, 1.165) is 11.3 Å². The zero-order chi connectivity index (χ0) is 14.8. The summed E-state index contributed by atoms with van der Waals surface area (Å²) >= 11 is 0. The van der Waals surface area contributed by atoms with Crippen LogP contribution in [0.3, 0.4) is 0 Å². The van der Waals surface area contributed by atoms with Crippen molar-refractivity contribution in [1.82, 2.24) is 14.7 Å². The molecule has 0 spiro atoms. The lowest BCUT2D eigenvalue weighted by atomic mass is 9.89. The molecule has 0 saturated heterocycles. The standard InChI is InChI=1S/C15H21N3O2/c1-15(2,3)12(19)9-16-14(20)8-11-10-18-7-5-4-6-13(18)17-11/h4-7,10,12,19H,8-9H2,1-3H3,(H,16,20). The van der Waals surface area contributed by atoms with Gasteiger partial charge in [-0.2, -0.15) is 0 Å². The summed E-state index contributed by atoms with van der Waals surface area (Å²) in [6, 6.07) is 5.72. The molecule has 20 heavy (non-hydrogen) atoms. The van der Waals surface area contributed by atoms with E-state index in [4.69, 9.17) is 0 Å². The van der Waals surface area contributed by atoms with Crippen molar-refractivity contribution in [3.8, 4) is 0 Å². The Morgan fingerprint density at radius 1 is 1.45 bits per heavy atom. The highest BCUT2D eigenvalue weighted by Gasteiger charge is 2.22. The Bertz CT molecular complexity index is 565. The fourth-order valence-corrected chi connectivity index (χ4v) is 1.82. The molecule has 1 unspecified atom stereocenters. The molecule has 2 rings (SSSR count). The van der Waals surface area contributed by atoms with Gasteiger partial charge in [-0.3, -0.25) is 4.79 Å². The molecular weight excluding hydrogens is 254 g/mol. The highest BCUT2D eigenvalue weighted by Crippen LogP contribution is 2.18. The Morgan fingerprint density at radius 3 is 2.85 bits per heavy atom. The molecule has 0 bridgehead atoms. The first-order valence-corrected chi connectivity index (χ1v) is 6.73. The molecule has 2 heterocycles. The number of nitrogens with zero attached hydrogens (tertiary/aromatic N) is 2. The number of aliphatic hydroxyl groups is 1. The Balaban J connectivity index is 1.91. The van der Waals surface area contributed by atoms with Gasteiger partial charge in [0.1, 0.15) is 5.65 Å². The smallest absolute Gasteiger partial charge is 0.226 e. The van der Waals surface area contributed by atoms with Crippen molar-refractivity contribution >= 4 is 11.6 Å². The van der Waals surface area contributed by atoms with E-state index in [1.54, 1.807) is 0 Å². The number of aromatic nitrogens is 2. The maximum absolute atomic E-state index is 11.8. The quantitative estimate of drug-likeness (QED) is 0.886. The van der Waals surface area contributed by atoms with Gasteiger partial charge in [-0.25, -0.2) is 4.98 Å². The Hall–Kier alpha value is -1.88. The Kier molecular flexibility index (Phi) is 4.09. The first-order chi connectivity index (χ1) is 9.36. The molecule has 1 amide bonds. The molecule has 2 aromatic rings. The van der Waals surface area contributed by atoms with E-state index in [9.17, 15) is 9.90 Å². The maximum atomic E-state index is 11.8. The summed E-state index contributed by atoms with van der Waals surface area (Å²) < 4.78 is 1.88. The monoisotopic (exact) mass is 275 g/mol. The predicted octanol–water partition coefficient (Wildman–Crippen LogP) is 1.40. The number of carbonyl (C=O) groups excluding carboxylic acids is 1. The fraction of sp³-hybridized carbons (Fsp3) is 0.467. The van der Waals surface area contributed by atoms with E-state index < -0.39 is 6.10 Å². The van der Waals surface area contributed by atoms with Gasteiger partial charge in [-0.15, -0.1) is 0 Å². The molecular formula is C15H21N3O2. The number of nitrogens with one attached hydrogen (secondary N) is 1. The first kappa shape index (κ1) is 14.5. The van der Waals surface area contributed by atoms with Crippen LogP contribution in [0.4, 0.5) is 0 Å². The molecule has 5 heteroatoms. The largest absolute Gasteiger partial charge is 0.391 e. The Labute approximate surface area is 118 Å². The summed E-state index contributed by atoms with van der Waals surface area (Å²) in [5, 5.41) is 12.6. The third kappa shape index (κ3) is 3.57. The SMILES string of the molecule is CC(C)(C)C(O)CNC(=O)Cc1cn2ccccc2n1. The first-order valence-electron chi connectivity index (χ1n) is 6.73. The third-order valence-corrected chi connectivity index (χ3v) is 3.25. The van der Waals surface area contributed by atoms with E-state index in [0.29, 0.717) is 0 Å². The molecule has 2 aromatic heterocycles. The summed E-state index contributed by atoms with van der Waals surface area (Å²) in [4.78, 5) is 16.2. The normalized spacial score (nSPS) is 13.4. The number of fused-ring (bicyclic) bond motifs is 1. The highest BCUT2D eigenvalue weighted by molar-refractivity contribution is 5.78. The van der Waals surface area contributed by atoms with Crippen molar-refractivity contribution in [2.24, 2.45) is 5.41 Å². The van der Waals surface area contributed by atoms with E-state index in [2.05, 4.69) is 10.3 Å². The summed E-state index contributed by atoms with van der Waals surface area (Å²) in [6.07, 6.45) is 3.40. The minimum Gasteiger partial charge on any atom is -0.391 e. The minimum absolute atomic E-state index is 0.128. The maximum Gasteiger partial charge on any atom is 0.226 e. The van der Waals surface area contributed by atoms with Crippen molar-refractivity contribution in [3.63, 3.8) is 0 Å². The van der Waals surface area contributed by atoms with Crippen LogP contribution in [0.15, 0.2) is 30.6 Å². The van der Waals surface area contributed by atoms with Crippen LogP contribution >= 0.6 is 0 Å². The number of hydrogen-bond acceptors (Lipinski definition) is 3. The average molecular weight is 275 g/mol. The van der Waals surface area contributed by atoms with Crippen LogP contribution in [0.1, 0.15) is 26.5 Å².